The number of hydrogen-bond donors (Lipinski definition) is 1. The average Bonchev–Trinajstić information content (AvgIpc) is 2.45. The van der Waals surface area contributed by atoms with E-state index in [1.54, 1.807) is 13.2 Å². The Morgan fingerprint density at radius 1 is 1.50 bits per heavy atom. The third kappa shape index (κ3) is 4.84. The summed E-state index contributed by atoms with van der Waals surface area (Å²) < 4.78 is 4.98. The number of nitro benzene ring substituents is 1. The van der Waals surface area contributed by atoms with Gasteiger partial charge in [0.05, 0.1) is 22.8 Å². The highest BCUT2D eigenvalue weighted by atomic mass is 16.6. The van der Waals surface area contributed by atoms with Crippen LogP contribution in [0.1, 0.15) is 5.56 Å². The average molecular weight is 278 g/mol. The van der Waals surface area contributed by atoms with Crippen molar-refractivity contribution < 1.29 is 9.66 Å². The van der Waals surface area contributed by atoms with Gasteiger partial charge >= 0.3 is 0 Å². The molecule has 1 aromatic carbocycles. The standard InChI is InChI=1S/C13H18N4O3/c1-16(7-8-20-2)6-5-15-13-4-3-12(17(18)19)9-11(13)10-14/h3-4,9,15H,5-8H2,1-2H3. The maximum atomic E-state index is 10.6. The Kier molecular flexibility index (Phi) is 6.43. The summed E-state index contributed by atoms with van der Waals surface area (Å²) in [6.07, 6.45) is 0. The molecule has 0 aliphatic rings. The zero-order valence-electron chi connectivity index (χ0n) is 11.6. The summed E-state index contributed by atoms with van der Waals surface area (Å²) in [7, 11) is 3.63. The Labute approximate surface area is 117 Å². The fraction of sp³-hybridized carbons (Fsp3) is 0.462. The zero-order chi connectivity index (χ0) is 15.0. The van der Waals surface area contributed by atoms with E-state index in [9.17, 15) is 10.1 Å². The molecule has 0 radical (unpaired) electrons. The van der Waals surface area contributed by atoms with E-state index in [0.717, 1.165) is 13.1 Å². The van der Waals surface area contributed by atoms with Gasteiger partial charge in [0.1, 0.15) is 6.07 Å². The maximum Gasteiger partial charge on any atom is 0.270 e. The molecule has 0 saturated carbocycles. The molecule has 1 rings (SSSR count). The molecule has 0 atom stereocenters. The Hall–Kier alpha value is -2.17. The van der Waals surface area contributed by atoms with Crippen molar-refractivity contribution in [3.8, 4) is 6.07 Å². The predicted octanol–water partition coefficient (Wildman–Crippen LogP) is 1.46. The molecule has 0 bridgehead atoms. The van der Waals surface area contributed by atoms with E-state index in [2.05, 4.69) is 10.2 Å². The Bertz CT molecular complexity index is 499. The summed E-state index contributed by atoms with van der Waals surface area (Å²) >= 11 is 0. The second-order valence-corrected chi connectivity index (χ2v) is 4.32. The lowest BCUT2D eigenvalue weighted by Gasteiger charge is -2.17. The summed E-state index contributed by atoms with van der Waals surface area (Å²) in [6.45, 7) is 2.92. The fourth-order valence-electron chi connectivity index (χ4n) is 1.63. The second kappa shape index (κ2) is 8.09. The quantitative estimate of drug-likeness (QED) is 0.571. The SMILES string of the molecule is COCCN(C)CCNc1ccc([N+](=O)[O-])cc1C#N. The number of likely N-dealkylation sites (N-methyl/N-ethyl adjacent to an activating group) is 1. The number of nitro groups is 1. The number of rotatable bonds is 8. The van der Waals surface area contributed by atoms with Crippen molar-refractivity contribution in [2.24, 2.45) is 0 Å². The van der Waals surface area contributed by atoms with Gasteiger partial charge in [-0.2, -0.15) is 5.26 Å². The molecule has 0 unspecified atom stereocenters. The third-order valence-electron chi connectivity index (χ3n) is 2.82. The Morgan fingerprint density at radius 3 is 2.85 bits per heavy atom. The molecule has 0 spiro atoms. The molecular formula is C13H18N4O3. The first kappa shape index (κ1) is 15.9. The molecular weight excluding hydrogens is 260 g/mol. The van der Waals surface area contributed by atoms with E-state index in [1.165, 1.54) is 12.1 Å². The van der Waals surface area contributed by atoms with Crippen molar-refractivity contribution in [1.29, 1.82) is 5.26 Å². The molecule has 0 saturated heterocycles. The number of nitrogens with zero attached hydrogens (tertiary/aromatic N) is 3. The minimum absolute atomic E-state index is 0.0793. The Morgan fingerprint density at radius 2 is 2.25 bits per heavy atom. The van der Waals surface area contributed by atoms with E-state index in [0.29, 0.717) is 18.8 Å². The summed E-state index contributed by atoms with van der Waals surface area (Å²) in [5, 5.41) is 22.8. The lowest BCUT2D eigenvalue weighted by Crippen LogP contribution is -2.28. The van der Waals surface area contributed by atoms with Gasteiger partial charge in [-0.3, -0.25) is 10.1 Å². The molecule has 0 aromatic heterocycles. The number of hydrogen-bond acceptors (Lipinski definition) is 6. The highest BCUT2D eigenvalue weighted by Crippen LogP contribution is 2.21. The summed E-state index contributed by atoms with van der Waals surface area (Å²) in [5.41, 5.74) is 0.807. The van der Waals surface area contributed by atoms with Crippen LogP contribution in [0.3, 0.4) is 0 Å². The number of benzene rings is 1. The molecule has 1 N–H and O–H groups in total. The largest absolute Gasteiger partial charge is 0.383 e. The van der Waals surface area contributed by atoms with Crippen molar-refractivity contribution in [3.63, 3.8) is 0 Å². The zero-order valence-corrected chi connectivity index (χ0v) is 11.6. The van der Waals surface area contributed by atoms with Crippen LogP contribution >= 0.6 is 0 Å². The molecule has 108 valence electrons. The first-order valence-electron chi connectivity index (χ1n) is 6.18. The van der Waals surface area contributed by atoms with Gasteiger partial charge in [0.15, 0.2) is 0 Å². The highest BCUT2D eigenvalue weighted by Gasteiger charge is 2.10. The number of non-ortho nitro benzene ring substituents is 1. The fourth-order valence-corrected chi connectivity index (χ4v) is 1.63. The number of ether oxygens (including phenoxy) is 1. The summed E-state index contributed by atoms with van der Waals surface area (Å²) in [6, 6.07) is 6.19. The van der Waals surface area contributed by atoms with E-state index in [1.807, 2.05) is 13.1 Å². The van der Waals surface area contributed by atoms with Crippen molar-refractivity contribution in [3.05, 3.63) is 33.9 Å². The topological polar surface area (TPSA) is 91.4 Å². The number of nitriles is 1. The molecule has 0 fully saturated rings. The molecule has 20 heavy (non-hydrogen) atoms. The lowest BCUT2D eigenvalue weighted by molar-refractivity contribution is -0.384. The molecule has 1 aromatic rings. The van der Waals surface area contributed by atoms with Crippen molar-refractivity contribution in [2.75, 3.05) is 45.7 Å². The van der Waals surface area contributed by atoms with Crippen molar-refractivity contribution >= 4 is 11.4 Å². The predicted molar refractivity (Wildman–Crippen MR) is 75.7 cm³/mol. The van der Waals surface area contributed by atoms with Crippen LogP contribution < -0.4 is 5.32 Å². The van der Waals surface area contributed by atoms with E-state index >= 15 is 0 Å². The third-order valence-corrected chi connectivity index (χ3v) is 2.82. The Balaban J connectivity index is 2.56. The molecule has 0 amide bonds. The van der Waals surface area contributed by atoms with Gasteiger partial charge in [-0.1, -0.05) is 0 Å². The van der Waals surface area contributed by atoms with Crippen LogP contribution in [-0.2, 0) is 4.74 Å². The van der Waals surface area contributed by atoms with Gasteiger partial charge < -0.3 is 15.0 Å². The van der Waals surface area contributed by atoms with Crippen LogP contribution in [0.2, 0.25) is 0 Å². The molecule has 0 heterocycles. The van der Waals surface area contributed by atoms with Crippen LogP contribution in [0.25, 0.3) is 0 Å². The van der Waals surface area contributed by atoms with Gasteiger partial charge in [0.25, 0.3) is 5.69 Å². The van der Waals surface area contributed by atoms with Crippen LogP contribution in [0.4, 0.5) is 11.4 Å². The first-order chi connectivity index (χ1) is 9.58. The monoisotopic (exact) mass is 278 g/mol. The molecule has 7 heteroatoms. The van der Waals surface area contributed by atoms with Crippen LogP contribution in [0.5, 0.6) is 0 Å². The minimum Gasteiger partial charge on any atom is -0.383 e. The number of methoxy groups -OCH3 is 1. The smallest absolute Gasteiger partial charge is 0.270 e. The van der Waals surface area contributed by atoms with Crippen LogP contribution in [0, 0.1) is 21.4 Å². The number of nitrogens with one attached hydrogen (secondary N) is 1. The molecule has 0 aliphatic heterocycles. The molecule has 7 nitrogen and oxygen atoms in total. The van der Waals surface area contributed by atoms with Gasteiger partial charge in [0.2, 0.25) is 0 Å². The van der Waals surface area contributed by atoms with Gasteiger partial charge in [-0.25, -0.2) is 0 Å². The lowest BCUT2D eigenvalue weighted by atomic mass is 10.1. The molecule has 0 aliphatic carbocycles. The van der Waals surface area contributed by atoms with E-state index in [-0.39, 0.29) is 11.3 Å². The van der Waals surface area contributed by atoms with E-state index < -0.39 is 4.92 Å². The maximum absolute atomic E-state index is 10.6. The highest BCUT2D eigenvalue weighted by molar-refractivity contribution is 5.61. The summed E-state index contributed by atoms with van der Waals surface area (Å²) in [4.78, 5) is 12.2. The van der Waals surface area contributed by atoms with E-state index in [4.69, 9.17) is 10.00 Å². The second-order valence-electron chi connectivity index (χ2n) is 4.32. The minimum atomic E-state index is -0.511. The van der Waals surface area contributed by atoms with Gasteiger partial charge in [-0.05, 0) is 13.1 Å². The van der Waals surface area contributed by atoms with Gasteiger partial charge in [0, 0.05) is 38.9 Å². The van der Waals surface area contributed by atoms with Crippen LogP contribution in [-0.4, -0.2) is 50.2 Å². The summed E-state index contributed by atoms with van der Waals surface area (Å²) in [5.74, 6) is 0. The van der Waals surface area contributed by atoms with Crippen molar-refractivity contribution in [2.45, 2.75) is 0 Å². The van der Waals surface area contributed by atoms with Crippen molar-refractivity contribution in [1.82, 2.24) is 4.90 Å². The normalized spacial score (nSPS) is 10.3. The first-order valence-corrected chi connectivity index (χ1v) is 6.18. The van der Waals surface area contributed by atoms with Gasteiger partial charge in [-0.15, -0.1) is 0 Å². The number of anilines is 1. The van der Waals surface area contributed by atoms with Crippen LogP contribution in [0.15, 0.2) is 18.2 Å².